The Kier molecular flexibility index (Phi) is 12.9. The molecule has 0 bridgehead atoms. The summed E-state index contributed by atoms with van der Waals surface area (Å²) in [6, 6.07) is 9.28. The summed E-state index contributed by atoms with van der Waals surface area (Å²) < 4.78 is 11.5. The molecule has 1 aromatic rings. The van der Waals surface area contributed by atoms with E-state index in [9.17, 15) is 4.79 Å². The Hall–Kier alpha value is -0.0413. The van der Waals surface area contributed by atoms with E-state index in [1.807, 2.05) is 30.3 Å². The molecule has 0 amide bonds. The summed E-state index contributed by atoms with van der Waals surface area (Å²) in [7, 11) is 0. The molecule has 0 spiro atoms. The molecular formula is C22H35IO2Sn. The Balaban J connectivity index is 2.81. The van der Waals surface area contributed by atoms with E-state index < -0.39 is 18.4 Å². The Bertz CT molecular complexity index is 521. The number of hydrogen-bond donors (Lipinski definition) is 0. The number of rotatable bonds is 13. The van der Waals surface area contributed by atoms with Crippen molar-refractivity contribution in [1.29, 1.82) is 0 Å². The third-order valence-electron chi connectivity index (χ3n) is 5.02. The van der Waals surface area contributed by atoms with Gasteiger partial charge in [0, 0.05) is 0 Å². The van der Waals surface area contributed by atoms with E-state index in [0.29, 0.717) is 12.2 Å². The van der Waals surface area contributed by atoms with Crippen LogP contribution in [0.15, 0.2) is 38.0 Å². The molecule has 0 radical (unpaired) electrons. The summed E-state index contributed by atoms with van der Waals surface area (Å²) in [6.07, 6.45) is 10.1. The van der Waals surface area contributed by atoms with Crippen LogP contribution in [0.1, 0.15) is 69.7 Å². The SMILES string of the molecule is CCC[CH2][Sn]([CH2]CCC)([CH2]CCC)/[C](I)=C/COC(=O)c1ccccc1. The molecule has 0 unspecified atom stereocenters. The van der Waals surface area contributed by atoms with Gasteiger partial charge in [0.2, 0.25) is 0 Å². The van der Waals surface area contributed by atoms with Gasteiger partial charge in [-0.25, -0.2) is 0 Å². The van der Waals surface area contributed by atoms with Crippen LogP contribution in [0.25, 0.3) is 0 Å². The molecule has 26 heavy (non-hydrogen) atoms. The zero-order valence-electron chi connectivity index (χ0n) is 16.7. The monoisotopic (exact) mass is 578 g/mol. The van der Waals surface area contributed by atoms with Gasteiger partial charge in [0.1, 0.15) is 0 Å². The standard InChI is InChI=1S/C10H8IO2.3C4H9.Sn/c11-7-4-8-13-10(12)9-5-2-1-3-6-9;3*1-3-4-2;/h1-6H,8H2;3*1,3-4H2,2H3;. The number of ether oxygens (including phenoxy) is 1. The number of unbranched alkanes of at least 4 members (excludes halogenated alkanes) is 3. The first-order valence-corrected chi connectivity index (χ1v) is 18.7. The van der Waals surface area contributed by atoms with Crippen LogP contribution in [0, 0.1) is 0 Å². The van der Waals surface area contributed by atoms with Gasteiger partial charge in [-0.1, -0.05) is 0 Å². The molecule has 0 aliphatic carbocycles. The van der Waals surface area contributed by atoms with E-state index in [2.05, 4.69) is 49.4 Å². The van der Waals surface area contributed by atoms with Crippen molar-refractivity contribution in [3.05, 3.63) is 43.6 Å². The Labute approximate surface area is 178 Å². The maximum absolute atomic E-state index is 12.2. The fourth-order valence-electron chi connectivity index (χ4n) is 3.34. The number of esters is 1. The van der Waals surface area contributed by atoms with Gasteiger partial charge in [-0.3, -0.25) is 0 Å². The van der Waals surface area contributed by atoms with Gasteiger partial charge in [0.05, 0.1) is 0 Å². The molecule has 0 heterocycles. The van der Waals surface area contributed by atoms with Gasteiger partial charge in [-0.05, 0) is 0 Å². The second-order valence-electron chi connectivity index (χ2n) is 7.11. The first kappa shape index (κ1) is 24.0. The average Bonchev–Trinajstić information content (AvgIpc) is 2.68. The summed E-state index contributed by atoms with van der Waals surface area (Å²) >= 11 is 0.262. The van der Waals surface area contributed by atoms with Gasteiger partial charge in [0.25, 0.3) is 0 Å². The molecule has 0 fully saturated rings. The second kappa shape index (κ2) is 14.0. The average molecular weight is 577 g/mol. The number of carbonyl (C=O) groups is 1. The van der Waals surface area contributed by atoms with Crippen LogP contribution < -0.4 is 0 Å². The van der Waals surface area contributed by atoms with Crippen LogP contribution in [0.3, 0.4) is 0 Å². The zero-order valence-corrected chi connectivity index (χ0v) is 21.7. The van der Waals surface area contributed by atoms with Crippen LogP contribution >= 0.6 is 22.6 Å². The Morgan fingerprint density at radius 2 is 1.46 bits per heavy atom. The number of carbonyl (C=O) groups excluding carboxylic acids is 1. The van der Waals surface area contributed by atoms with Gasteiger partial charge < -0.3 is 0 Å². The van der Waals surface area contributed by atoms with E-state index in [-0.39, 0.29) is 5.97 Å². The molecule has 0 saturated carbocycles. The van der Waals surface area contributed by atoms with Gasteiger partial charge in [-0.15, -0.1) is 0 Å². The summed E-state index contributed by atoms with van der Waals surface area (Å²) in [5.41, 5.74) is 0.633. The molecule has 0 N–H and O–H groups in total. The molecule has 0 aliphatic rings. The summed E-state index contributed by atoms with van der Waals surface area (Å²) in [4.78, 5) is 12.2. The number of halogens is 1. The van der Waals surface area contributed by atoms with Crippen LogP contribution in [-0.4, -0.2) is 31.0 Å². The quantitative estimate of drug-likeness (QED) is 0.138. The van der Waals surface area contributed by atoms with Crippen molar-refractivity contribution in [1.82, 2.24) is 0 Å². The van der Waals surface area contributed by atoms with Crippen molar-refractivity contribution in [3.8, 4) is 0 Å². The van der Waals surface area contributed by atoms with Gasteiger partial charge in [0.15, 0.2) is 0 Å². The minimum absolute atomic E-state index is 0.220. The first-order chi connectivity index (χ1) is 12.6. The third kappa shape index (κ3) is 8.32. The van der Waals surface area contributed by atoms with Crippen molar-refractivity contribution < 1.29 is 9.53 Å². The van der Waals surface area contributed by atoms with E-state index in [4.69, 9.17) is 4.74 Å². The van der Waals surface area contributed by atoms with Crippen LogP contribution in [0.5, 0.6) is 0 Å². The van der Waals surface area contributed by atoms with Gasteiger partial charge in [-0.2, -0.15) is 0 Å². The molecule has 1 aromatic carbocycles. The topological polar surface area (TPSA) is 26.3 Å². The summed E-state index contributed by atoms with van der Waals surface area (Å²) in [5.74, 6) is -0.220. The third-order valence-corrected chi connectivity index (χ3v) is 27.8. The molecule has 4 heteroatoms. The van der Waals surface area contributed by atoms with Crippen LogP contribution in [-0.2, 0) is 4.74 Å². The molecule has 0 saturated heterocycles. The van der Waals surface area contributed by atoms with Crippen LogP contribution in [0.2, 0.25) is 13.3 Å². The van der Waals surface area contributed by atoms with Crippen molar-refractivity contribution in [2.75, 3.05) is 6.61 Å². The summed E-state index contributed by atoms with van der Waals surface area (Å²) in [5, 5.41) is 0. The van der Waals surface area contributed by atoms with Crippen molar-refractivity contribution >= 4 is 46.9 Å². The van der Waals surface area contributed by atoms with Crippen molar-refractivity contribution in [2.45, 2.75) is 72.6 Å². The van der Waals surface area contributed by atoms with E-state index in [0.717, 1.165) is 0 Å². The molecule has 0 aliphatic heterocycles. The summed E-state index contributed by atoms with van der Waals surface area (Å²) in [6.45, 7) is 7.31. The normalized spacial score (nSPS) is 12.2. The number of benzene rings is 1. The maximum atomic E-state index is 12.2. The zero-order chi connectivity index (χ0) is 19.3. The Morgan fingerprint density at radius 1 is 0.962 bits per heavy atom. The Morgan fingerprint density at radius 3 is 1.92 bits per heavy atom. The van der Waals surface area contributed by atoms with E-state index in [1.54, 1.807) is 1.60 Å². The van der Waals surface area contributed by atoms with E-state index in [1.165, 1.54) is 51.8 Å². The van der Waals surface area contributed by atoms with Crippen molar-refractivity contribution in [3.63, 3.8) is 0 Å². The minimum atomic E-state index is -2.34. The second-order valence-corrected chi connectivity index (χ2v) is 24.3. The van der Waals surface area contributed by atoms with E-state index >= 15 is 0 Å². The molecule has 146 valence electrons. The number of hydrogen-bond acceptors (Lipinski definition) is 2. The molecule has 0 aromatic heterocycles. The van der Waals surface area contributed by atoms with Crippen LogP contribution in [0.4, 0.5) is 0 Å². The predicted molar refractivity (Wildman–Crippen MR) is 124 cm³/mol. The molecule has 1 rings (SSSR count). The molecule has 0 atom stereocenters. The molecular weight excluding hydrogens is 542 g/mol. The molecule has 2 nitrogen and oxygen atoms in total. The fraction of sp³-hybridized carbons (Fsp3) is 0.591. The fourth-order valence-corrected chi connectivity index (χ4v) is 23.4. The van der Waals surface area contributed by atoms with Gasteiger partial charge >= 0.3 is 179 Å². The predicted octanol–water partition coefficient (Wildman–Crippen LogP) is 7.55. The first-order valence-electron chi connectivity index (χ1n) is 10.2. The van der Waals surface area contributed by atoms with Crippen molar-refractivity contribution in [2.24, 2.45) is 0 Å².